The van der Waals surface area contributed by atoms with Crippen molar-refractivity contribution in [1.82, 2.24) is 15.0 Å². The second-order valence-corrected chi connectivity index (χ2v) is 8.00. The number of nitrogens with two attached hydrogens (primary N) is 1. The van der Waals surface area contributed by atoms with Crippen molar-refractivity contribution in [2.45, 2.75) is 23.9 Å². The Balaban J connectivity index is 1.89. The van der Waals surface area contributed by atoms with Crippen molar-refractivity contribution in [3.63, 3.8) is 0 Å². The maximum Gasteiger partial charge on any atom is 0.191 e. The summed E-state index contributed by atoms with van der Waals surface area (Å²) in [5.41, 5.74) is 7.55. The second kappa shape index (κ2) is 7.64. The number of aliphatic hydroxyl groups excluding tert-OH is 1. The van der Waals surface area contributed by atoms with Crippen molar-refractivity contribution < 1.29 is 5.11 Å². The first-order chi connectivity index (χ1) is 11.6. The Morgan fingerprint density at radius 3 is 2.88 bits per heavy atom. The van der Waals surface area contributed by atoms with Gasteiger partial charge in [-0.25, -0.2) is 15.0 Å². The van der Waals surface area contributed by atoms with E-state index in [2.05, 4.69) is 42.3 Å². The van der Waals surface area contributed by atoms with E-state index < -0.39 is 0 Å². The van der Waals surface area contributed by atoms with Gasteiger partial charge in [0.15, 0.2) is 21.8 Å². The third kappa shape index (κ3) is 3.97. The van der Waals surface area contributed by atoms with E-state index in [9.17, 15) is 5.11 Å². The maximum absolute atomic E-state index is 9.27. The van der Waals surface area contributed by atoms with Crippen molar-refractivity contribution in [2.24, 2.45) is 0 Å². The van der Waals surface area contributed by atoms with Gasteiger partial charge in [0.1, 0.15) is 4.70 Å². The summed E-state index contributed by atoms with van der Waals surface area (Å²) in [4.78, 5) is 13.3. The number of thioether (sulfide) groups is 1. The summed E-state index contributed by atoms with van der Waals surface area (Å²) >= 11 is 6.42. The van der Waals surface area contributed by atoms with Crippen LogP contribution in [0.5, 0.6) is 0 Å². The largest absolute Gasteiger partial charge is 0.394 e. The van der Waals surface area contributed by atoms with E-state index in [4.69, 9.17) is 5.73 Å². The molecule has 6 nitrogen and oxygen atoms in total. The summed E-state index contributed by atoms with van der Waals surface area (Å²) in [6.45, 7) is 1.89. The fourth-order valence-corrected chi connectivity index (χ4v) is 4.20. The van der Waals surface area contributed by atoms with E-state index in [0.29, 0.717) is 21.8 Å². The molecule has 1 aromatic carbocycles. The molecule has 0 aliphatic carbocycles. The summed E-state index contributed by atoms with van der Waals surface area (Å²) in [6.07, 6.45) is 0. The van der Waals surface area contributed by atoms with Crippen LogP contribution in [0, 0.1) is 0 Å². The molecule has 0 saturated carbocycles. The monoisotopic (exact) mass is 425 g/mol. The smallest absolute Gasteiger partial charge is 0.191 e. The number of fused-ring (bicyclic) bond motifs is 1. The molecule has 0 aliphatic rings. The number of benzene rings is 1. The highest BCUT2D eigenvalue weighted by Crippen LogP contribution is 2.32. The first-order valence-corrected chi connectivity index (χ1v) is 9.84. The lowest BCUT2D eigenvalue weighted by molar-refractivity contribution is 0.281. The van der Waals surface area contributed by atoms with Crippen LogP contribution in [0.4, 0.5) is 10.9 Å². The van der Waals surface area contributed by atoms with Gasteiger partial charge in [-0.05, 0) is 18.6 Å². The van der Waals surface area contributed by atoms with E-state index in [1.165, 1.54) is 28.7 Å². The van der Waals surface area contributed by atoms with Crippen LogP contribution < -0.4 is 11.1 Å². The molecule has 4 N–H and O–H groups in total. The Bertz CT molecular complexity index is 857. The van der Waals surface area contributed by atoms with Crippen LogP contribution in [-0.2, 0) is 5.75 Å². The number of hydrogen-bond donors (Lipinski definition) is 3. The molecule has 1 atom stereocenters. The van der Waals surface area contributed by atoms with Crippen LogP contribution in [0.2, 0.25) is 0 Å². The summed E-state index contributed by atoms with van der Waals surface area (Å²) in [6, 6.07) is 7.94. The van der Waals surface area contributed by atoms with Gasteiger partial charge in [-0.15, -0.1) is 0 Å². The van der Waals surface area contributed by atoms with Crippen LogP contribution in [0.1, 0.15) is 12.5 Å². The molecule has 2 heterocycles. The van der Waals surface area contributed by atoms with E-state index in [-0.39, 0.29) is 12.6 Å². The molecule has 2 aromatic heterocycles. The second-order valence-electron chi connectivity index (χ2n) is 5.17. The summed E-state index contributed by atoms with van der Waals surface area (Å²) in [5, 5.41) is 13.5. The van der Waals surface area contributed by atoms with E-state index in [1.807, 2.05) is 25.1 Å². The number of nitrogens with zero attached hydrogens (tertiary/aromatic N) is 3. The number of thiazole rings is 1. The van der Waals surface area contributed by atoms with Crippen LogP contribution in [-0.4, -0.2) is 32.7 Å². The maximum atomic E-state index is 9.27. The molecule has 0 spiro atoms. The van der Waals surface area contributed by atoms with Gasteiger partial charge in [-0.2, -0.15) is 0 Å². The molecule has 0 amide bonds. The fourth-order valence-electron chi connectivity index (χ4n) is 2.02. The number of anilines is 2. The Morgan fingerprint density at radius 2 is 2.12 bits per heavy atom. The Labute approximate surface area is 156 Å². The summed E-state index contributed by atoms with van der Waals surface area (Å²) in [5.74, 6) is 1.40. The summed E-state index contributed by atoms with van der Waals surface area (Å²) < 4.78 is 1.86. The van der Waals surface area contributed by atoms with Gasteiger partial charge in [0.05, 0.1) is 6.61 Å². The SMILES string of the molecule is C[C@H](CO)Nc1nc(SCc2ccccc2Br)nc2nc(N)sc12. The molecular formula is C15H16BrN5OS2. The predicted octanol–water partition coefficient (Wildman–Crippen LogP) is 3.52. The minimum Gasteiger partial charge on any atom is -0.394 e. The molecule has 3 rings (SSSR count). The zero-order chi connectivity index (χ0) is 17.1. The number of hydrogen-bond acceptors (Lipinski definition) is 8. The van der Waals surface area contributed by atoms with Crippen molar-refractivity contribution in [3.8, 4) is 0 Å². The predicted molar refractivity (Wildman–Crippen MR) is 103 cm³/mol. The van der Waals surface area contributed by atoms with Crippen LogP contribution in [0.3, 0.4) is 0 Å². The number of aliphatic hydroxyl groups is 1. The van der Waals surface area contributed by atoms with Crippen LogP contribution in [0.15, 0.2) is 33.9 Å². The molecule has 0 unspecified atom stereocenters. The first kappa shape index (κ1) is 17.4. The quantitative estimate of drug-likeness (QED) is 0.410. The molecular weight excluding hydrogens is 410 g/mol. The van der Waals surface area contributed by atoms with Crippen LogP contribution in [0.25, 0.3) is 10.3 Å². The van der Waals surface area contributed by atoms with E-state index in [1.54, 1.807) is 0 Å². The molecule has 0 fully saturated rings. The molecule has 0 radical (unpaired) electrons. The van der Waals surface area contributed by atoms with Gasteiger partial charge >= 0.3 is 0 Å². The van der Waals surface area contributed by atoms with Crippen molar-refractivity contribution in [2.75, 3.05) is 17.7 Å². The lowest BCUT2D eigenvalue weighted by Crippen LogP contribution is -2.20. The highest BCUT2D eigenvalue weighted by Gasteiger charge is 2.14. The molecule has 0 aliphatic heterocycles. The zero-order valence-electron chi connectivity index (χ0n) is 12.9. The lowest BCUT2D eigenvalue weighted by atomic mass is 10.2. The van der Waals surface area contributed by atoms with Gasteiger partial charge < -0.3 is 16.2 Å². The Kier molecular flexibility index (Phi) is 5.54. The zero-order valence-corrected chi connectivity index (χ0v) is 16.1. The third-order valence-electron chi connectivity index (χ3n) is 3.22. The number of nitrogen functional groups attached to an aromatic ring is 1. The number of halogens is 1. The van der Waals surface area contributed by atoms with Crippen molar-refractivity contribution in [1.29, 1.82) is 0 Å². The van der Waals surface area contributed by atoms with Gasteiger partial charge in [-0.3, -0.25) is 0 Å². The first-order valence-electron chi connectivity index (χ1n) is 7.24. The van der Waals surface area contributed by atoms with Crippen molar-refractivity contribution >= 4 is 60.3 Å². The van der Waals surface area contributed by atoms with Gasteiger partial charge in [0.25, 0.3) is 0 Å². The van der Waals surface area contributed by atoms with E-state index >= 15 is 0 Å². The number of aromatic nitrogens is 3. The molecule has 0 bridgehead atoms. The van der Waals surface area contributed by atoms with Gasteiger partial charge in [0, 0.05) is 16.3 Å². The standard InChI is InChI=1S/C15H16BrN5OS2/c1-8(6-22)18-12-11-13(19-14(17)24-11)21-15(20-12)23-7-9-4-2-3-5-10(9)16/h2-5,8,22H,6-7H2,1H3,(H3,17,18,19,20,21)/t8-/m1/s1. The highest BCUT2D eigenvalue weighted by atomic mass is 79.9. The van der Waals surface area contributed by atoms with Gasteiger partial charge in [-0.1, -0.05) is 57.2 Å². The summed E-state index contributed by atoms with van der Waals surface area (Å²) in [7, 11) is 0. The van der Waals surface area contributed by atoms with Gasteiger partial charge in [0.2, 0.25) is 0 Å². The van der Waals surface area contributed by atoms with E-state index in [0.717, 1.165) is 14.9 Å². The average molecular weight is 426 g/mol. The molecule has 9 heteroatoms. The molecule has 3 aromatic rings. The normalized spacial score (nSPS) is 12.5. The minimum atomic E-state index is -0.118. The fraction of sp³-hybridized carbons (Fsp3) is 0.267. The Hall–Kier alpha value is -1.42. The third-order valence-corrected chi connectivity index (χ3v) is 5.77. The topological polar surface area (TPSA) is 97.0 Å². The number of rotatable bonds is 6. The molecule has 0 saturated heterocycles. The molecule has 126 valence electrons. The molecule has 24 heavy (non-hydrogen) atoms. The number of nitrogens with one attached hydrogen (secondary N) is 1. The highest BCUT2D eigenvalue weighted by molar-refractivity contribution is 9.10. The average Bonchev–Trinajstić information content (AvgIpc) is 2.94. The lowest BCUT2D eigenvalue weighted by Gasteiger charge is -2.12. The Morgan fingerprint density at radius 1 is 1.33 bits per heavy atom. The minimum absolute atomic E-state index is 0.0131. The van der Waals surface area contributed by atoms with Crippen molar-refractivity contribution in [3.05, 3.63) is 34.3 Å². The van der Waals surface area contributed by atoms with Crippen LogP contribution >= 0.6 is 39.0 Å².